The fourth-order valence-corrected chi connectivity index (χ4v) is 2.68. The fraction of sp³-hybridized carbons (Fsp3) is 0.308. The van der Waals surface area contributed by atoms with Gasteiger partial charge in [-0.2, -0.15) is 0 Å². The second-order valence-electron chi connectivity index (χ2n) is 3.56. The highest BCUT2D eigenvalue weighted by molar-refractivity contribution is 7.19. The van der Waals surface area contributed by atoms with Gasteiger partial charge in [-0.15, -0.1) is 11.3 Å². The maximum absolute atomic E-state index is 11.2. The quantitative estimate of drug-likeness (QED) is 0.758. The predicted molar refractivity (Wildman–Crippen MR) is 66.8 cm³/mol. The van der Waals surface area contributed by atoms with E-state index in [1.807, 2.05) is 19.1 Å². The lowest BCUT2D eigenvalue weighted by molar-refractivity contribution is -0.143. The van der Waals surface area contributed by atoms with Gasteiger partial charge in [0.15, 0.2) is 0 Å². The summed E-state index contributed by atoms with van der Waals surface area (Å²) in [6, 6.07) is 10.4. The number of hydrogen-bond acceptors (Lipinski definition) is 3. The van der Waals surface area contributed by atoms with Crippen molar-refractivity contribution in [2.75, 3.05) is 6.61 Å². The van der Waals surface area contributed by atoms with Crippen LogP contribution in [0.3, 0.4) is 0 Å². The minimum atomic E-state index is -0.111. The number of carbonyl (C=O) groups excluding carboxylic acids is 1. The van der Waals surface area contributed by atoms with Gasteiger partial charge in [-0.1, -0.05) is 18.2 Å². The van der Waals surface area contributed by atoms with E-state index in [0.717, 1.165) is 6.42 Å². The Balaban J connectivity index is 2.02. The van der Waals surface area contributed by atoms with Gasteiger partial charge in [0.2, 0.25) is 0 Å². The lowest BCUT2D eigenvalue weighted by atomic mass is 10.2. The standard InChI is InChI=1S/C13H14O2S/c1-2-15-13(14)8-7-11-9-10-5-3-4-6-12(10)16-11/h3-6,9H,2,7-8H2,1H3. The molecule has 2 nitrogen and oxygen atoms in total. The number of rotatable bonds is 4. The first-order valence-electron chi connectivity index (χ1n) is 5.42. The maximum Gasteiger partial charge on any atom is 0.306 e. The Hall–Kier alpha value is -1.35. The molecule has 2 rings (SSSR count). The first-order valence-corrected chi connectivity index (χ1v) is 6.24. The van der Waals surface area contributed by atoms with Crippen molar-refractivity contribution in [3.8, 4) is 0 Å². The molecule has 0 saturated carbocycles. The third kappa shape index (κ3) is 2.61. The van der Waals surface area contributed by atoms with E-state index in [1.54, 1.807) is 11.3 Å². The van der Waals surface area contributed by atoms with Crippen LogP contribution in [0.15, 0.2) is 30.3 Å². The van der Waals surface area contributed by atoms with Gasteiger partial charge in [-0.05, 0) is 30.9 Å². The van der Waals surface area contributed by atoms with Crippen molar-refractivity contribution in [3.05, 3.63) is 35.2 Å². The summed E-state index contributed by atoms with van der Waals surface area (Å²) in [7, 11) is 0. The average Bonchev–Trinajstić information content (AvgIpc) is 2.69. The molecule has 2 aromatic rings. The summed E-state index contributed by atoms with van der Waals surface area (Å²) >= 11 is 1.75. The highest BCUT2D eigenvalue weighted by Crippen LogP contribution is 2.26. The number of thiophene rings is 1. The topological polar surface area (TPSA) is 26.3 Å². The molecule has 16 heavy (non-hydrogen) atoms. The van der Waals surface area contributed by atoms with Crippen LogP contribution >= 0.6 is 11.3 Å². The molecular formula is C13H14O2S. The van der Waals surface area contributed by atoms with Crippen LogP contribution in [-0.2, 0) is 16.0 Å². The Labute approximate surface area is 98.9 Å². The molecule has 0 N–H and O–H groups in total. The molecule has 0 amide bonds. The number of aryl methyl sites for hydroxylation is 1. The summed E-state index contributed by atoms with van der Waals surface area (Å²) in [6.45, 7) is 2.29. The Morgan fingerprint density at radius 2 is 2.19 bits per heavy atom. The van der Waals surface area contributed by atoms with Crippen molar-refractivity contribution < 1.29 is 9.53 Å². The van der Waals surface area contributed by atoms with Gasteiger partial charge in [-0.3, -0.25) is 4.79 Å². The second-order valence-corrected chi connectivity index (χ2v) is 4.72. The molecule has 0 aliphatic carbocycles. The van der Waals surface area contributed by atoms with Gasteiger partial charge in [0, 0.05) is 9.58 Å². The van der Waals surface area contributed by atoms with Crippen molar-refractivity contribution in [2.24, 2.45) is 0 Å². The molecule has 0 atom stereocenters. The number of carbonyl (C=O) groups is 1. The molecule has 0 unspecified atom stereocenters. The summed E-state index contributed by atoms with van der Waals surface area (Å²) in [5.74, 6) is -0.111. The van der Waals surface area contributed by atoms with E-state index >= 15 is 0 Å². The van der Waals surface area contributed by atoms with Crippen LogP contribution in [0.5, 0.6) is 0 Å². The largest absolute Gasteiger partial charge is 0.466 e. The van der Waals surface area contributed by atoms with Crippen molar-refractivity contribution in [1.82, 2.24) is 0 Å². The lowest BCUT2D eigenvalue weighted by Crippen LogP contribution is -2.04. The second kappa shape index (κ2) is 5.12. The fourth-order valence-electron chi connectivity index (χ4n) is 1.62. The number of fused-ring (bicyclic) bond motifs is 1. The normalized spacial score (nSPS) is 10.6. The van der Waals surface area contributed by atoms with E-state index in [2.05, 4.69) is 18.2 Å². The summed E-state index contributed by atoms with van der Waals surface area (Å²) < 4.78 is 6.18. The first-order chi connectivity index (χ1) is 7.79. The third-order valence-corrected chi connectivity index (χ3v) is 3.53. The SMILES string of the molecule is CCOC(=O)CCc1cc2ccccc2s1. The first kappa shape index (κ1) is 11.1. The summed E-state index contributed by atoms with van der Waals surface area (Å²) in [4.78, 5) is 12.5. The van der Waals surface area contributed by atoms with Gasteiger partial charge in [-0.25, -0.2) is 0 Å². The van der Waals surface area contributed by atoms with Crippen LogP contribution in [0, 0.1) is 0 Å². The molecule has 1 aromatic heterocycles. The van der Waals surface area contributed by atoms with E-state index < -0.39 is 0 Å². The Morgan fingerprint density at radius 1 is 1.38 bits per heavy atom. The van der Waals surface area contributed by atoms with Crippen LogP contribution < -0.4 is 0 Å². The molecule has 0 aliphatic heterocycles. The van der Waals surface area contributed by atoms with Crippen molar-refractivity contribution in [1.29, 1.82) is 0 Å². The molecule has 0 aliphatic rings. The lowest BCUT2D eigenvalue weighted by Gasteiger charge is -1.99. The maximum atomic E-state index is 11.2. The highest BCUT2D eigenvalue weighted by Gasteiger charge is 2.05. The summed E-state index contributed by atoms with van der Waals surface area (Å²) in [6.07, 6.45) is 1.25. The van der Waals surface area contributed by atoms with E-state index in [4.69, 9.17) is 4.74 Å². The number of esters is 1. The molecule has 3 heteroatoms. The van der Waals surface area contributed by atoms with E-state index in [-0.39, 0.29) is 5.97 Å². The monoisotopic (exact) mass is 234 g/mol. The smallest absolute Gasteiger partial charge is 0.306 e. The van der Waals surface area contributed by atoms with Gasteiger partial charge in [0.05, 0.1) is 13.0 Å². The van der Waals surface area contributed by atoms with Crippen LogP contribution in [0.2, 0.25) is 0 Å². The molecule has 1 heterocycles. The zero-order valence-corrected chi connectivity index (χ0v) is 10.0. The predicted octanol–water partition coefficient (Wildman–Crippen LogP) is 3.40. The van der Waals surface area contributed by atoms with Crippen LogP contribution in [0.25, 0.3) is 10.1 Å². The Morgan fingerprint density at radius 3 is 2.94 bits per heavy atom. The molecule has 84 valence electrons. The molecule has 0 spiro atoms. The highest BCUT2D eigenvalue weighted by atomic mass is 32.1. The van der Waals surface area contributed by atoms with Crippen molar-refractivity contribution in [2.45, 2.75) is 19.8 Å². The number of hydrogen-bond donors (Lipinski definition) is 0. The van der Waals surface area contributed by atoms with Gasteiger partial charge in [0.1, 0.15) is 0 Å². The number of ether oxygens (including phenoxy) is 1. The van der Waals surface area contributed by atoms with Crippen molar-refractivity contribution in [3.63, 3.8) is 0 Å². The Kier molecular flexibility index (Phi) is 3.57. The molecule has 0 fully saturated rings. The number of benzene rings is 1. The van der Waals surface area contributed by atoms with Crippen LogP contribution in [0.1, 0.15) is 18.2 Å². The van der Waals surface area contributed by atoms with E-state index in [0.29, 0.717) is 13.0 Å². The third-order valence-electron chi connectivity index (χ3n) is 2.36. The minimum Gasteiger partial charge on any atom is -0.466 e. The van der Waals surface area contributed by atoms with Gasteiger partial charge >= 0.3 is 5.97 Å². The summed E-state index contributed by atoms with van der Waals surface area (Å²) in [5.41, 5.74) is 0. The molecule has 0 bridgehead atoms. The molecule has 1 aromatic carbocycles. The molecular weight excluding hydrogens is 220 g/mol. The zero-order valence-electron chi connectivity index (χ0n) is 9.23. The Bertz CT molecular complexity index is 454. The zero-order chi connectivity index (χ0) is 11.4. The van der Waals surface area contributed by atoms with Crippen LogP contribution in [-0.4, -0.2) is 12.6 Å². The minimum absolute atomic E-state index is 0.111. The average molecular weight is 234 g/mol. The van der Waals surface area contributed by atoms with Crippen LogP contribution in [0.4, 0.5) is 0 Å². The summed E-state index contributed by atoms with van der Waals surface area (Å²) in [5, 5.41) is 1.26. The molecule has 0 saturated heterocycles. The van der Waals surface area contributed by atoms with Gasteiger partial charge < -0.3 is 4.74 Å². The van der Waals surface area contributed by atoms with Crippen molar-refractivity contribution >= 4 is 27.4 Å². The van der Waals surface area contributed by atoms with Gasteiger partial charge in [0.25, 0.3) is 0 Å². The van der Waals surface area contributed by atoms with E-state index in [1.165, 1.54) is 15.0 Å². The molecule has 0 radical (unpaired) electrons. The van der Waals surface area contributed by atoms with E-state index in [9.17, 15) is 4.79 Å².